The normalized spacial score (nSPS) is 11.2. The molecule has 0 N–H and O–H groups in total. The number of hydrogen-bond donors (Lipinski definition) is 0. The fourth-order valence-corrected chi connectivity index (χ4v) is 3.43. The van der Waals surface area contributed by atoms with E-state index in [1.165, 1.54) is 25.3 Å². The molecule has 0 amide bonds. The minimum Gasteiger partial charge on any atom is -0.469 e. The van der Waals surface area contributed by atoms with Crippen LogP contribution in [-0.2, 0) is 19.6 Å². The van der Waals surface area contributed by atoms with E-state index in [0.29, 0.717) is 0 Å². The first-order valence-electron chi connectivity index (χ1n) is 6.13. The molecular formula is C13H15ClN2O4S. The number of carbonyl (C=O) groups excluding carboxylic acids is 1. The van der Waals surface area contributed by atoms with Gasteiger partial charge in [-0.3, -0.25) is 4.79 Å². The minimum absolute atomic E-state index is 0.0155. The van der Waals surface area contributed by atoms with Crippen LogP contribution in [0.1, 0.15) is 18.9 Å². The van der Waals surface area contributed by atoms with Gasteiger partial charge in [0.1, 0.15) is 6.07 Å². The van der Waals surface area contributed by atoms with Crippen molar-refractivity contribution >= 4 is 27.6 Å². The first kappa shape index (κ1) is 17.4. The number of nitriles is 1. The number of carbonyl (C=O) groups is 1. The van der Waals surface area contributed by atoms with Gasteiger partial charge in [-0.25, -0.2) is 8.42 Å². The first-order valence-corrected chi connectivity index (χ1v) is 7.95. The van der Waals surface area contributed by atoms with Gasteiger partial charge in [0.25, 0.3) is 0 Å². The van der Waals surface area contributed by atoms with Gasteiger partial charge in [0.15, 0.2) is 0 Å². The Bertz CT molecular complexity index is 667. The van der Waals surface area contributed by atoms with Crippen LogP contribution in [0.25, 0.3) is 0 Å². The number of sulfonamides is 1. The van der Waals surface area contributed by atoms with Crippen LogP contribution in [-0.4, -0.2) is 38.9 Å². The Labute approximate surface area is 128 Å². The third-order valence-corrected chi connectivity index (χ3v) is 5.13. The lowest BCUT2D eigenvalue weighted by atomic mass is 10.2. The molecule has 0 aliphatic carbocycles. The highest BCUT2D eigenvalue weighted by Crippen LogP contribution is 2.23. The zero-order chi connectivity index (χ0) is 16.0. The van der Waals surface area contributed by atoms with Crippen LogP contribution in [0.3, 0.4) is 0 Å². The van der Waals surface area contributed by atoms with Crippen molar-refractivity contribution in [1.29, 1.82) is 5.26 Å². The van der Waals surface area contributed by atoms with Gasteiger partial charge < -0.3 is 4.74 Å². The molecule has 0 fully saturated rings. The van der Waals surface area contributed by atoms with Gasteiger partial charge in [0.2, 0.25) is 10.0 Å². The number of rotatable bonds is 6. The average molecular weight is 331 g/mol. The molecule has 114 valence electrons. The van der Waals surface area contributed by atoms with E-state index in [1.807, 2.05) is 6.07 Å². The second kappa shape index (κ2) is 7.41. The molecule has 1 aromatic rings. The predicted molar refractivity (Wildman–Crippen MR) is 77.2 cm³/mol. The summed E-state index contributed by atoms with van der Waals surface area (Å²) in [6, 6.07) is 5.77. The highest BCUT2D eigenvalue weighted by atomic mass is 35.5. The van der Waals surface area contributed by atoms with Crippen LogP contribution < -0.4 is 0 Å². The van der Waals surface area contributed by atoms with Gasteiger partial charge in [-0.2, -0.15) is 9.57 Å². The molecule has 0 heterocycles. The van der Waals surface area contributed by atoms with Crippen molar-refractivity contribution in [3.8, 4) is 6.07 Å². The quantitative estimate of drug-likeness (QED) is 0.742. The first-order chi connectivity index (χ1) is 9.86. The van der Waals surface area contributed by atoms with E-state index in [0.717, 1.165) is 4.31 Å². The maximum atomic E-state index is 12.4. The summed E-state index contributed by atoms with van der Waals surface area (Å²) in [5.41, 5.74) is 0.202. The number of methoxy groups -OCH3 is 1. The van der Waals surface area contributed by atoms with E-state index < -0.39 is 16.0 Å². The van der Waals surface area contributed by atoms with Gasteiger partial charge in [-0.1, -0.05) is 18.5 Å². The summed E-state index contributed by atoms with van der Waals surface area (Å²) in [6.45, 7) is 1.89. The number of nitrogens with zero attached hydrogens (tertiary/aromatic N) is 2. The SMILES string of the molecule is CCN(CCC(=O)OC)S(=O)(=O)c1ccc(C#N)c(Cl)c1. The van der Waals surface area contributed by atoms with Gasteiger partial charge in [-0.05, 0) is 18.2 Å². The Morgan fingerprint density at radius 1 is 1.48 bits per heavy atom. The molecule has 0 saturated carbocycles. The maximum Gasteiger partial charge on any atom is 0.306 e. The summed E-state index contributed by atoms with van der Waals surface area (Å²) in [6.07, 6.45) is -0.0341. The van der Waals surface area contributed by atoms with Crippen molar-refractivity contribution in [2.75, 3.05) is 20.2 Å². The Balaban J connectivity index is 3.05. The highest BCUT2D eigenvalue weighted by Gasteiger charge is 2.24. The van der Waals surface area contributed by atoms with Crippen molar-refractivity contribution in [2.24, 2.45) is 0 Å². The fourth-order valence-electron chi connectivity index (χ4n) is 1.66. The topological polar surface area (TPSA) is 87.5 Å². The second-order valence-electron chi connectivity index (χ2n) is 4.08. The number of ether oxygens (including phenoxy) is 1. The Kier molecular flexibility index (Phi) is 6.15. The molecule has 0 atom stereocenters. The lowest BCUT2D eigenvalue weighted by molar-refractivity contribution is -0.140. The van der Waals surface area contributed by atoms with Crippen LogP contribution in [0, 0.1) is 11.3 Å². The van der Waals surface area contributed by atoms with Crippen molar-refractivity contribution < 1.29 is 17.9 Å². The summed E-state index contributed by atoms with van der Waals surface area (Å²) in [7, 11) is -2.53. The largest absolute Gasteiger partial charge is 0.469 e. The molecule has 1 aromatic carbocycles. The van der Waals surface area contributed by atoms with E-state index in [4.69, 9.17) is 16.9 Å². The molecule has 0 saturated heterocycles. The van der Waals surface area contributed by atoms with Crippen LogP contribution >= 0.6 is 11.6 Å². The summed E-state index contributed by atoms with van der Waals surface area (Å²) >= 11 is 5.85. The maximum absolute atomic E-state index is 12.4. The lowest BCUT2D eigenvalue weighted by Gasteiger charge is -2.20. The monoisotopic (exact) mass is 330 g/mol. The fraction of sp³-hybridized carbons (Fsp3) is 0.385. The number of hydrogen-bond acceptors (Lipinski definition) is 5. The highest BCUT2D eigenvalue weighted by molar-refractivity contribution is 7.89. The Morgan fingerprint density at radius 3 is 2.62 bits per heavy atom. The third-order valence-electron chi connectivity index (χ3n) is 2.84. The Hall–Kier alpha value is -1.62. The summed E-state index contributed by atoms with van der Waals surface area (Å²) in [5.74, 6) is -0.485. The van der Waals surface area contributed by atoms with Crippen molar-refractivity contribution in [3.05, 3.63) is 28.8 Å². The van der Waals surface area contributed by atoms with Crippen LogP contribution in [0.2, 0.25) is 5.02 Å². The van der Waals surface area contributed by atoms with E-state index in [9.17, 15) is 13.2 Å². The number of halogens is 1. The second-order valence-corrected chi connectivity index (χ2v) is 6.42. The molecule has 6 nitrogen and oxygen atoms in total. The van der Waals surface area contributed by atoms with Crippen molar-refractivity contribution in [2.45, 2.75) is 18.2 Å². The van der Waals surface area contributed by atoms with Gasteiger partial charge in [0, 0.05) is 13.1 Å². The van der Waals surface area contributed by atoms with Gasteiger partial charge in [-0.15, -0.1) is 0 Å². The molecule has 0 bridgehead atoms. The van der Waals surface area contributed by atoms with Crippen LogP contribution in [0.15, 0.2) is 23.1 Å². The summed E-state index contributed by atoms with van der Waals surface area (Å²) in [5, 5.41) is 8.87. The van der Waals surface area contributed by atoms with Gasteiger partial charge >= 0.3 is 5.97 Å². The molecule has 1 rings (SSSR count). The number of benzene rings is 1. The molecule has 0 unspecified atom stereocenters. The minimum atomic E-state index is -3.77. The summed E-state index contributed by atoms with van der Waals surface area (Å²) in [4.78, 5) is 11.1. The predicted octanol–water partition coefficient (Wildman–Crippen LogP) is 1.79. The lowest BCUT2D eigenvalue weighted by Crippen LogP contribution is -2.33. The van der Waals surface area contributed by atoms with Crippen molar-refractivity contribution in [3.63, 3.8) is 0 Å². The smallest absolute Gasteiger partial charge is 0.306 e. The molecule has 0 aromatic heterocycles. The van der Waals surface area contributed by atoms with E-state index in [1.54, 1.807) is 6.92 Å². The average Bonchev–Trinajstić information content (AvgIpc) is 2.47. The van der Waals surface area contributed by atoms with E-state index in [2.05, 4.69) is 4.74 Å². The number of esters is 1. The molecule has 0 aliphatic heterocycles. The zero-order valence-electron chi connectivity index (χ0n) is 11.7. The zero-order valence-corrected chi connectivity index (χ0v) is 13.2. The molecule has 0 spiro atoms. The van der Waals surface area contributed by atoms with Crippen LogP contribution in [0.4, 0.5) is 0 Å². The van der Waals surface area contributed by atoms with E-state index in [-0.39, 0.29) is 35.0 Å². The standard InChI is InChI=1S/C13H15ClN2O4S/c1-3-16(7-6-13(17)20-2)21(18,19)11-5-4-10(9-15)12(14)8-11/h4-5,8H,3,6-7H2,1-2H3. The van der Waals surface area contributed by atoms with Crippen molar-refractivity contribution in [1.82, 2.24) is 4.31 Å². The van der Waals surface area contributed by atoms with E-state index >= 15 is 0 Å². The molecule has 21 heavy (non-hydrogen) atoms. The Morgan fingerprint density at radius 2 is 2.14 bits per heavy atom. The van der Waals surface area contributed by atoms with Gasteiger partial charge in [0.05, 0.1) is 29.0 Å². The molecule has 0 radical (unpaired) electrons. The summed E-state index contributed by atoms with van der Waals surface area (Å²) < 4.78 is 30.5. The molecular weight excluding hydrogens is 316 g/mol. The third kappa shape index (κ3) is 4.17. The molecule has 8 heteroatoms. The van der Waals surface area contributed by atoms with Crippen LogP contribution in [0.5, 0.6) is 0 Å². The molecule has 0 aliphatic rings.